The average Bonchev–Trinajstić information content (AvgIpc) is 2.93. The fourth-order valence-electron chi connectivity index (χ4n) is 7.00. The molecule has 4 rings (SSSR count). The van der Waals surface area contributed by atoms with Crippen molar-refractivity contribution >= 4 is 0 Å². The third kappa shape index (κ3) is 8.78. The molecule has 0 N–H and O–H groups in total. The van der Waals surface area contributed by atoms with Crippen LogP contribution in [0.25, 0.3) is 0 Å². The molecule has 0 radical (unpaired) electrons. The third-order valence-corrected chi connectivity index (χ3v) is 9.56. The molecule has 2 fully saturated rings. The number of aryl methyl sites for hydroxylation is 1. The highest BCUT2D eigenvalue weighted by Gasteiger charge is 2.22. The van der Waals surface area contributed by atoms with Gasteiger partial charge in [-0.3, -0.25) is 0 Å². The molecule has 0 nitrogen and oxygen atoms in total. The molecule has 0 heteroatoms. The molecule has 0 spiro atoms. The van der Waals surface area contributed by atoms with Crippen molar-refractivity contribution < 1.29 is 0 Å². The first kappa shape index (κ1) is 27.5. The van der Waals surface area contributed by atoms with Crippen LogP contribution in [0.5, 0.6) is 0 Å². The van der Waals surface area contributed by atoms with E-state index in [1.54, 1.807) is 5.56 Å². The molecular formula is C36H54. The zero-order valence-electron chi connectivity index (χ0n) is 23.6. The Morgan fingerprint density at radius 1 is 0.611 bits per heavy atom. The average molecular weight is 487 g/mol. The molecule has 0 saturated heterocycles. The van der Waals surface area contributed by atoms with Crippen molar-refractivity contribution in [2.75, 3.05) is 0 Å². The molecule has 0 aromatic heterocycles. The van der Waals surface area contributed by atoms with Gasteiger partial charge in [-0.25, -0.2) is 0 Å². The fraction of sp³-hybridized carbons (Fsp3) is 0.667. The summed E-state index contributed by atoms with van der Waals surface area (Å²) in [5, 5.41) is 0. The summed E-state index contributed by atoms with van der Waals surface area (Å²) >= 11 is 0. The van der Waals surface area contributed by atoms with E-state index in [1.165, 1.54) is 108 Å². The van der Waals surface area contributed by atoms with E-state index < -0.39 is 0 Å². The number of hydrogen-bond donors (Lipinski definition) is 0. The summed E-state index contributed by atoms with van der Waals surface area (Å²) in [6.45, 7) is 4.60. The molecule has 1 aromatic rings. The van der Waals surface area contributed by atoms with Crippen LogP contribution in [0.4, 0.5) is 0 Å². The predicted molar refractivity (Wildman–Crippen MR) is 158 cm³/mol. The summed E-state index contributed by atoms with van der Waals surface area (Å²) in [5.41, 5.74) is 3.12. The van der Waals surface area contributed by atoms with E-state index in [0.29, 0.717) is 5.92 Å². The van der Waals surface area contributed by atoms with Crippen molar-refractivity contribution in [3.05, 3.63) is 71.8 Å². The van der Waals surface area contributed by atoms with Gasteiger partial charge in [0.2, 0.25) is 0 Å². The summed E-state index contributed by atoms with van der Waals surface area (Å²) in [4.78, 5) is 0. The smallest absolute Gasteiger partial charge is 0.00531 e. The number of hydrogen-bond acceptors (Lipinski definition) is 0. The van der Waals surface area contributed by atoms with Gasteiger partial charge in [-0.05, 0) is 130 Å². The lowest BCUT2D eigenvalue weighted by Crippen LogP contribution is -2.14. The highest BCUT2D eigenvalue weighted by molar-refractivity contribution is 5.26. The first-order valence-corrected chi connectivity index (χ1v) is 15.9. The van der Waals surface area contributed by atoms with Gasteiger partial charge < -0.3 is 0 Å². The van der Waals surface area contributed by atoms with E-state index in [1.807, 2.05) is 0 Å². The van der Waals surface area contributed by atoms with E-state index >= 15 is 0 Å². The molecule has 36 heavy (non-hydrogen) atoms. The quantitative estimate of drug-likeness (QED) is 0.215. The van der Waals surface area contributed by atoms with Gasteiger partial charge in [0.15, 0.2) is 0 Å². The van der Waals surface area contributed by atoms with Crippen LogP contribution in [-0.4, -0.2) is 0 Å². The van der Waals surface area contributed by atoms with Crippen molar-refractivity contribution in [1.29, 1.82) is 0 Å². The fourth-order valence-corrected chi connectivity index (χ4v) is 7.00. The minimum atomic E-state index is 0.703. The maximum atomic E-state index is 2.62. The lowest BCUT2D eigenvalue weighted by atomic mass is 9.77. The summed E-state index contributed by atoms with van der Waals surface area (Å²) in [6.07, 6.45) is 37.1. The Morgan fingerprint density at radius 2 is 1.22 bits per heavy atom. The first-order chi connectivity index (χ1) is 17.7. The molecule has 0 bridgehead atoms. The number of benzene rings is 1. The van der Waals surface area contributed by atoms with E-state index in [-0.39, 0.29) is 0 Å². The maximum absolute atomic E-state index is 2.62. The molecule has 3 aliphatic carbocycles. The Bertz CT molecular complexity index is 808. The van der Waals surface area contributed by atoms with E-state index in [2.05, 4.69) is 74.6 Å². The molecule has 0 aliphatic heterocycles. The van der Waals surface area contributed by atoms with Gasteiger partial charge in [-0.15, -0.1) is 0 Å². The second-order valence-electron chi connectivity index (χ2n) is 12.4. The lowest BCUT2D eigenvalue weighted by molar-refractivity contribution is 0.347. The van der Waals surface area contributed by atoms with Gasteiger partial charge in [0, 0.05) is 0 Å². The van der Waals surface area contributed by atoms with Crippen LogP contribution in [0.3, 0.4) is 0 Å². The van der Waals surface area contributed by atoms with Crippen LogP contribution in [0.1, 0.15) is 127 Å². The van der Waals surface area contributed by atoms with Gasteiger partial charge in [-0.2, -0.15) is 0 Å². The Morgan fingerprint density at radius 3 is 1.78 bits per heavy atom. The van der Waals surface area contributed by atoms with Gasteiger partial charge in [-0.1, -0.05) is 93.8 Å². The third-order valence-electron chi connectivity index (χ3n) is 9.56. The van der Waals surface area contributed by atoms with Crippen molar-refractivity contribution in [2.45, 2.75) is 122 Å². The first-order valence-electron chi connectivity index (χ1n) is 15.9. The van der Waals surface area contributed by atoms with Gasteiger partial charge in [0.25, 0.3) is 0 Å². The van der Waals surface area contributed by atoms with Crippen LogP contribution in [0, 0.1) is 29.6 Å². The maximum Gasteiger partial charge on any atom is -0.00531 e. The summed E-state index contributed by atoms with van der Waals surface area (Å²) in [5.74, 6) is 4.82. The summed E-state index contributed by atoms with van der Waals surface area (Å²) < 4.78 is 0. The highest BCUT2D eigenvalue weighted by atomic mass is 14.3. The number of allylic oxidation sites excluding steroid dienone is 6. The van der Waals surface area contributed by atoms with Gasteiger partial charge in [0.05, 0.1) is 0 Å². The van der Waals surface area contributed by atoms with Crippen LogP contribution < -0.4 is 0 Å². The van der Waals surface area contributed by atoms with Gasteiger partial charge in [0.1, 0.15) is 0 Å². The van der Waals surface area contributed by atoms with E-state index in [9.17, 15) is 0 Å². The molecule has 0 heterocycles. The minimum Gasteiger partial charge on any atom is -0.0851 e. The number of rotatable bonds is 11. The largest absolute Gasteiger partial charge is 0.0851 e. The second kappa shape index (κ2) is 15.0. The molecule has 1 aromatic carbocycles. The Hall–Kier alpha value is -1.56. The zero-order valence-corrected chi connectivity index (χ0v) is 23.6. The monoisotopic (exact) mass is 486 g/mol. The second-order valence-corrected chi connectivity index (χ2v) is 12.4. The summed E-state index contributed by atoms with van der Waals surface area (Å²) in [6, 6.07) is 9.67. The molecule has 198 valence electrons. The van der Waals surface area contributed by atoms with Crippen LogP contribution >= 0.6 is 0 Å². The Balaban J connectivity index is 1.13. The van der Waals surface area contributed by atoms with Crippen LogP contribution in [0.2, 0.25) is 0 Å². The van der Waals surface area contributed by atoms with Crippen LogP contribution in [-0.2, 0) is 6.42 Å². The number of unbranched alkanes of at least 4 members (excludes halogenated alkanes) is 2. The SMILES string of the molecule is CCCCCc1ccc(C2CCC(C=CC3CCC(C=CC4C=CC(CCC)CC4)CC3)CC2)cc1. The molecule has 2 atom stereocenters. The lowest BCUT2D eigenvalue weighted by Gasteiger charge is -2.28. The zero-order chi connectivity index (χ0) is 25.0. The molecular weight excluding hydrogens is 432 g/mol. The molecule has 2 saturated carbocycles. The van der Waals surface area contributed by atoms with Gasteiger partial charge >= 0.3 is 0 Å². The normalized spacial score (nSPS) is 31.4. The van der Waals surface area contributed by atoms with Crippen molar-refractivity contribution in [1.82, 2.24) is 0 Å². The van der Waals surface area contributed by atoms with Crippen molar-refractivity contribution in [3.63, 3.8) is 0 Å². The van der Waals surface area contributed by atoms with E-state index in [0.717, 1.165) is 29.6 Å². The summed E-state index contributed by atoms with van der Waals surface area (Å²) in [7, 11) is 0. The molecule has 3 aliphatic rings. The highest BCUT2D eigenvalue weighted by Crippen LogP contribution is 2.38. The predicted octanol–water partition coefficient (Wildman–Crippen LogP) is 11.0. The topological polar surface area (TPSA) is 0 Å². The Kier molecular flexibility index (Phi) is 11.4. The molecule has 2 unspecified atom stereocenters. The van der Waals surface area contributed by atoms with E-state index in [4.69, 9.17) is 0 Å². The van der Waals surface area contributed by atoms with Crippen molar-refractivity contribution in [3.8, 4) is 0 Å². The van der Waals surface area contributed by atoms with Crippen molar-refractivity contribution in [2.24, 2.45) is 29.6 Å². The standard InChI is InChI=1S/C36H54/c1-3-5-6-8-30-21-25-35(26-22-30)36-27-23-34(24-28-36)20-19-33-17-15-32(16-18-33)14-13-31-11-9-29(7-4-2)10-12-31/h9,11,13-14,19-22,25-26,29,31-34,36H,3-8,10,12,15-18,23-24,27-28H2,1-2H3. The van der Waals surface area contributed by atoms with Crippen LogP contribution in [0.15, 0.2) is 60.7 Å². The molecule has 0 amide bonds. The minimum absolute atomic E-state index is 0.703. The Labute approximate surface area is 223 Å².